The summed E-state index contributed by atoms with van der Waals surface area (Å²) in [5.74, 6) is 0.839. The van der Waals surface area contributed by atoms with E-state index in [1.165, 1.54) is 5.56 Å². The van der Waals surface area contributed by atoms with Crippen molar-refractivity contribution in [1.82, 2.24) is 9.78 Å². The number of benzene rings is 1. The first-order valence-corrected chi connectivity index (χ1v) is 7.14. The number of aromatic nitrogens is 2. The van der Waals surface area contributed by atoms with Gasteiger partial charge in [0, 0.05) is 7.05 Å². The summed E-state index contributed by atoms with van der Waals surface area (Å²) in [4.78, 5) is 0. The van der Waals surface area contributed by atoms with E-state index in [9.17, 15) is 0 Å². The first-order chi connectivity index (χ1) is 8.49. The van der Waals surface area contributed by atoms with Crippen LogP contribution in [0.2, 0.25) is 0 Å². The molecule has 0 N–H and O–H groups in total. The first-order valence-electron chi connectivity index (χ1n) is 5.56. The number of halogens is 2. The third-order valence-corrected chi connectivity index (χ3v) is 4.36. The lowest BCUT2D eigenvalue weighted by atomic mass is 10.2. The van der Waals surface area contributed by atoms with Gasteiger partial charge in [0.25, 0.3) is 0 Å². The van der Waals surface area contributed by atoms with Gasteiger partial charge in [-0.3, -0.25) is 4.68 Å². The molecule has 5 heteroatoms. The molecular weight excluding hydrogens is 360 g/mol. The Bertz CT molecular complexity index is 579. The molecule has 3 nitrogen and oxygen atoms in total. The molecule has 2 aromatic rings. The molecule has 0 bridgehead atoms. The van der Waals surface area contributed by atoms with Crippen molar-refractivity contribution >= 4 is 31.9 Å². The standard InChI is InChI=1S/C13H14Br2N2O/c1-8-4-5-12(10(14)6-8)18-7-11-13(15)9(2)16-17(11)3/h4-6H,7H2,1-3H3. The van der Waals surface area contributed by atoms with Crippen LogP contribution in [0, 0.1) is 13.8 Å². The van der Waals surface area contributed by atoms with Gasteiger partial charge in [0.15, 0.2) is 0 Å². The molecule has 96 valence electrons. The lowest BCUT2D eigenvalue weighted by Crippen LogP contribution is -2.04. The van der Waals surface area contributed by atoms with Crippen LogP contribution in [0.5, 0.6) is 5.75 Å². The summed E-state index contributed by atoms with van der Waals surface area (Å²) in [5, 5.41) is 4.34. The molecule has 0 fully saturated rings. The monoisotopic (exact) mass is 372 g/mol. The van der Waals surface area contributed by atoms with E-state index in [0.29, 0.717) is 6.61 Å². The number of aryl methyl sites for hydroxylation is 3. The maximum absolute atomic E-state index is 5.82. The summed E-state index contributed by atoms with van der Waals surface area (Å²) >= 11 is 7.03. The van der Waals surface area contributed by atoms with E-state index in [2.05, 4.69) is 43.9 Å². The summed E-state index contributed by atoms with van der Waals surface area (Å²) in [5.41, 5.74) is 3.20. The quantitative estimate of drug-likeness (QED) is 0.808. The largest absolute Gasteiger partial charge is 0.486 e. The first kappa shape index (κ1) is 13.6. The molecule has 0 amide bonds. The Kier molecular flexibility index (Phi) is 4.12. The zero-order valence-electron chi connectivity index (χ0n) is 10.5. The van der Waals surface area contributed by atoms with Crippen LogP contribution >= 0.6 is 31.9 Å². The van der Waals surface area contributed by atoms with Crippen molar-refractivity contribution in [2.75, 3.05) is 0 Å². The number of nitrogens with zero attached hydrogens (tertiary/aromatic N) is 2. The summed E-state index contributed by atoms with van der Waals surface area (Å²) < 4.78 is 9.63. The Labute approximate surface area is 123 Å². The Morgan fingerprint density at radius 2 is 2.00 bits per heavy atom. The predicted octanol–water partition coefficient (Wildman–Crippen LogP) is 4.14. The van der Waals surface area contributed by atoms with Gasteiger partial charge < -0.3 is 4.74 Å². The molecule has 0 saturated heterocycles. The number of hydrogen-bond acceptors (Lipinski definition) is 2. The van der Waals surface area contributed by atoms with Crippen molar-refractivity contribution in [3.8, 4) is 5.75 Å². The Balaban J connectivity index is 2.16. The van der Waals surface area contributed by atoms with E-state index in [4.69, 9.17) is 4.74 Å². The Morgan fingerprint density at radius 1 is 1.28 bits per heavy atom. The van der Waals surface area contributed by atoms with Crippen LogP contribution in [0.1, 0.15) is 17.0 Å². The van der Waals surface area contributed by atoms with Gasteiger partial charge in [0.05, 0.1) is 20.3 Å². The van der Waals surface area contributed by atoms with Gasteiger partial charge in [-0.25, -0.2) is 0 Å². The van der Waals surface area contributed by atoms with E-state index in [1.807, 2.05) is 36.9 Å². The highest BCUT2D eigenvalue weighted by Gasteiger charge is 2.11. The van der Waals surface area contributed by atoms with Crippen LogP contribution in [0.3, 0.4) is 0 Å². The molecule has 18 heavy (non-hydrogen) atoms. The van der Waals surface area contributed by atoms with Crippen LogP contribution in [-0.2, 0) is 13.7 Å². The average molecular weight is 374 g/mol. The fraction of sp³-hybridized carbons (Fsp3) is 0.308. The summed E-state index contributed by atoms with van der Waals surface area (Å²) in [6, 6.07) is 6.04. The number of ether oxygens (including phenoxy) is 1. The zero-order chi connectivity index (χ0) is 13.3. The second kappa shape index (κ2) is 5.45. The molecule has 2 rings (SSSR count). The minimum Gasteiger partial charge on any atom is -0.486 e. The molecule has 1 aromatic heterocycles. The van der Waals surface area contributed by atoms with Gasteiger partial charge in [-0.05, 0) is 63.4 Å². The molecule has 1 aromatic carbocycles. The molecule has 0 unspecified atom stereocenters. The van der Waals surface area contributed by atoms with Gasteiger partial charge in [-0.1, -0.05) is 6.07 Å². The fourth-order valence-corrected chi connectivity index (χ4v) is 2.76. The summed E-state index contributed by atoms with van der Waals surface area (Å²) in [6.07, 6.45) is 0. The summed E-state index contributed by atoms with van der Waals surface area (Å²) in [6.45, 7) is 4.50. The number of hydrogen-bond donors (Lipinski definition) is 0. The van der Waals surface area contributed by atoms with Crippen LogP contribution in [-0.4, -0.2) is 9.78 Å². The van der Waals surface area contributed by atoms with Gasteiger partial charge in [0.1, 0.15) is 12.4 Å². The molecule has 1 heterocycles. The molecule has 0 aliphatic heterocycles. The molecular formula is C13H14Br2N2O. The van der Waals surface area contributed by atoms with Crippen molar-refractivity contribution in [3.05, 3.63) is 44.1 Å². The molecule has 0 atom stereocenters. The third-order valence-electron chi connectivity index (χ3n) is 2.71. The molecule has 0 saturated carbocycles. The minimum absolute atomic E-state index is 0.486. The topological polar surface area (TPSA) is 27.1 Å². The number of rotatable bonds is 3. The maximum Gasteiger partial charge on any atom is 0.134 e. The average Bonchev–Trinajstić information content (AvgIpc) is 2.53. The van der Waals surface area contributed by atoms with Gasteiger partial charge >= 0.3 is 0 Å². The maximum atomic E-state index is 5.82. The van der Waals surface area contributed by atoms with E-state index in [0.717, 1.165) is 26.1 Å². The van der Waals surface area contributed by atoms with Crippen LogP contribution in [0.15, 0.2) is 27.1 Å². The predicted molar refractivity (Wildman–Crippen MR) is 78.9 cm³/mol. The normalized spacial score (nSPS) is 10.7. The SMILES string of the molecule is Cc1ccc(OCc2c(Br)c(C)nn2C)c(Br)c1. The zero-order valence-corrected chi connectivity index (χ0v) is 13.7. The van der Waals surface area contributed by atoms with E-state index >= 15 is 0 Å². The third kappa shape index (κ3) is 2.78. The van der Waals surface area contributed by atoms with E-state index in [-0.39, 0.29) is 0 Å². The molecule has 0 spiro atoms. The van der Waals surface area contributed by atoms with Crippen molar-refractivity contribution in [2.45, 2.75) is 20.5 Å². The minimum atomic E-state index is 0.486. The van der Waals surface area contributed by atoms with Crippen LogP contribution < -0.4 is 4.74 Å². The second-order valence-electron chi connectivity index (χ2n) is 4.19. The smallest absolute Gasteiger partial charge is 0.134 e. The van der Waals surface area contributed by atoms with Crippen molar-refractivity contribution < 1.29 is 4.74 Å². The van der Waals surface area contributed by atoms with Crippen LogP contribution in [0.4, 0.5) is 0 Å². The summed E-state index contributed by atoms with van der Waals surface area (Å²) in [7, 11) is 1.92. The highest BCUT2D eigenvalue weighted by atomic mass is 79.9. The van der Waals surface area contributed by atoms with E-state index in [1.54, 1.807) is 0 Å². The lowest BCUT2D eigenvalue weighted by Gasteiger charge is -2.09. The second-order valence-corrected chi connectivity index (χ2v) is 5.84. The molecule has 0 aliphatic carbocycles. The lowest BCUT2D eigenvalue weighted by molar-refractivity contribution is 0.292. The highest BCUT2D eigenvalue weighted by molar-refractivity contribution is 9.10. The van der Waals surface area contributed by atoms with Crippen molar-refractivity contribution in [1.29, 1.82) is 0 Å². The van der Waals surface area contributed by atoms with Gasteiger partial charge in [-0.2, -0.15) is 5.10 Å². The Morgan fingerprint density at radius 3 is 2.56 bits per heavy atom. The van der Waals surface area contributed by atoms with Crippen LogP contribution in [0.25, 0.3) is 0 Å². The van der Waals surface area contributed by atoms with Crippen molar-refractivity contribution in [3.63, 3.8) is 0 Å². The van der Waals surface area contributed by atoms with Gasteiger partial charge in [0.2, 0.25) is 0 Å². The fourth-order valence-electron chi connectivity index (χ4n) is 1.71. The van der Waals surface area contributed by atoms with Gasteiger partial charge in [-0.15, -0.1) is 0 Å². The Hall–Kier alpha value is -0.810. The molecule has 0 radical (unpaired) electrons. The van der Waals surface area contributed by atoms with E-state index < -0.39 is 0 Å². The highest BCUT2D eigenvalue weighted by Crippen LogP contribution is 2.28. The van der Waals surface area contributed by atoms with Crippen molar-refractivity contribution in [2.24, 2.45) is 7.05 Å². The molecule has 0 aliphatic rings.